The Labute approximate surface area is 150 Å². The summed E-state index contributed by atoms with van der Waals surface area (Å²) in [5, 5.41) is 5.05. The Morgan fingerprint density at radius 2 is 1.77 bits per heavy atom. The van der Waals surface area contributed by atoms with Crippen LogP contribution in [0.4, 0.5) is 5.69 Å². The summed E-state index contributed by atoms with van der Waals surface area (Å²) in [5.41, 5.74) is 2.23. The first-order valence-corrected chi connectivity index (χ1v) is 8.09. The summed E-state index contributed by atoms with van der Waals surface area (Å²) >= 11 is 0. The van der Waals surface area contributed by atoms with Crippen molar-refractivity contribution >= 4 is 23.4 Å². The molecule has 3 amide bonds. The molecule has 0 fully saturated rings. The molecule has 26 heavy (non-hydrogen) atoms. The summed E-state index contributed by atoms with van der Waals surface area (Å²) in [4.78, 5) is 38.0. The number of carbonyl (C=O) groups is 3. The average molecular weight is 353 g/mol. The van der Waals surface area contributed by atoms with Crippen molar-refractivity contribution in [2.45, 2.75) is 12.6 Å². The van der Waals surface area contributed by atoms with E-state index in [1.807, 2.05) is 6.07 Å². The largest absolute Gasteiger partial charge is 0.497 e. The van der Waals surface area contributed by atoms with E-state index < -0.39 is 17.9 Å². The maximum absolute atomic E-state index is 12.3. The quantitative estimate of drug-likeness (QED) is 0.807. The van der Waals surface area contributed by atoms with Crippen LogP contribution in [0, 0.1) is 0 Å². The Kier molecular flexibility index (Phi) is 4.88. The molecule has 0 saturated heterocycles. The molecule has 0 bridgehead atoms. The topological polar surface area (TPSA) is 87.7 Å². The first kappa shape index (κ1) is 17.5. The van der Waals surface area contributed by atoms with Crippen LogP contribution in [0.5, 0.6) is 5.75 Å². The zero-order valence-electron chi connectivity index (χ0n) is 14.5. The second-order valence-corrected chi connectivity index (χ2v) is 5.89. The molecule has 0 spiro atoms. The van der Waals surface area contributed by atoms with Crippen LogP contribution in [0.2, 0.25) is 0 Å². The Morgan fingerprint density at radius 1 is 1.08 bits per heavy atom. The first-order valence-electron chi connectivity index (χ1n) is 8.09. The van der Waals surface area contributed by atoms with Crippen LogP contribution in [-0.4, -0.2) is 31.9 Å². The van der Waals surface area contributed by atoms with Gasteiger partial charge < -0.3 is 20.3 Å². The zero-order chi connectivity index (χ0) is 18.7. The fraction of sp³-hybridized carbons (Fsp3) is 0.211. The third-order valence-corrected chi connectivity index (χ3v) is 4.28. The van der Waals surface area contributed by atoms with Gasteiger partial charge in [-0.05, 0) is 23.8 Å². The average Bonchev–Trinajstić information content (AvgIpc) is 2.91. The van der Waals surface area contributed by atoms with Gasteiger partial charge in [-0.1, -0.05) is 30.3 Å². The van der Waals surface area contributed by atoms with Gasteiger partial charge in [0.2, 0.25) is 0 Å². The van der Waals surface area contributed by atoms with Gasteiger partial charge in [0.05, 0.1) is 7.11 Å². The van der Waals surface area contributed by atoms with E-state index in [1.54, 1.807) is 56.6 Å². The normalized spacial score (nSPS) is 15.4. The molecule has 1 aliphatic heterocycles. The number of hydrogen-bond donors (Lipinski definition) is 2. The Morgan fingerprint density at radius 3 is 2.46 bits per heavy atom. The van der Waals surface area contributed by atoms with Crippen molar-refractivity contribution in [3.8, 4) is 5.75 Å². The van der Waals surface area contributed by atoms with Crippen molar-refractivity contribution in [3.05, 3.63) is 59.7 Å². The Bertz CT molecular complexity index is 848. The number of methoxy groups -OCH3 is 1. The smallest absolute Gasteiger partial charge is 0.310 e. The van der Waals surface area contributed by atoms with E-state index in [0.717, 1.165) is 11.3 Å². The fourth-order valence-corrected chi connectivity index (χ4v) is 2.82. The van der Waals surface area contributed by atoms with Crippen LogP contribution in [0.25, 0.3) is 0 Å². The van der Waals surface area contributed by atoms with Gasteiger partial charge in [-0.3, -0.25) is 14.4 Å². The molecule has 2 N–H and O–H groups in total. The molecule has 0 radical (unpaired) electrons. The number of benzene rings is 2. The number of ether oxygens (including phenoxy) is 1. The number of hydrogen-bond acceptors (Lipinski definition) is 4. The van der Waals surface area contributed by atoms with E-state index >= 15 is 0 Å². The zero-order valence-corrected chi connectivity index (χ0v) is 14.5. The summed E-state index contributed by atoms with van der Waals surface area (Å²) in [7, 11) is 3.21. The molecular formula is C19H19N3O4. The van der Waals surface area contributed by atoms with Gasteiger partial charge in [-0.2, -0.15) is 0 Å². The van der Waals surface area contributed by atoms with Gasteiger partial charge in [0.15, 0.2) is 0 Å². The molecule has 7 heteroatoms. The number of fused-ring (bicyclic) bond motifs is 1. The standard InChI is InChI=1S/C19H19N3O4/c1-22-15-6-4-3-5-14(15)16(19(22)25)21-18(24)17(23)20-11-12-7-9-13(26-2)10-8-12/h3-10,16H,11H2,1-2H3,(H,20,23)(H,21,24)/t16-/m0/s1. The monoisotopic (exact) mass is 353 g/mol. The number of likely N-dealkylation sites (N-methyl/N-ethyl adjacent to an activating group) is 1. The van der Waals surface area contributed by atoms with E-state index in [4.69, 9.17) is 4.74 Å². The highest BCUT2D eigenvalue weighted by atomic mass is 16.5. The molecule has 1 heterocycles. The molecule has 2 aromatic carbocycles. The SMILES string of the molecule is COc1ccc(CNC(=O)C(=O)N[C@@H]2C(=O)N(C)c3ccccc32)cc1. The van der Waals surface area contributed by atoms with E-state index in [1.165, 1.54) is 4.90 Å². The minimum absolute atomic E-state index is 0.200. The first-order chi connectivity index (χ1) is 12.5. The van der Waals surface area contributed by atoms with Gasteiger partial charge in [-0.15, -0.1) is 0 Å². The lowest BCUT2D eigenvalue weighted by Gasteiger charge is -2.13. The second kappa shape index (κ2) is 7.26. The van der Waals surface area contributed by atoms with Crippen LogP contribution in [0.15, 0.2) is 48.5 Å². The number of amides is 3. The van der Waals surface area contributed by atoms with Crippen molar-refractivity contribution < 1.29 is 19.1 Å². The highest BCUT2D eigenvalue weighted by Gasteiger charge is 2.36. The molecule has 1 aliphatic rings. The molecule has 0 saturated carbocycles. The molecule has 0 aromatic heterocycles. The molecule has 7 nitrogen and oxygen atoms in total. The van der Waals surface area contributed by atoms with Gasteiger partial charge in [0, 0.05) is 24.8 Å². The van der Waals surface area contributed by atoms with Crippen molar-refractivity contribution in [1.82, 2.24) is 10.6 Å². The summed E-state index contributed by atoms with van der Waals surface area (Å²) < 4.78 is 5.07. The molecule has 1 atom stereocenters. The number of nitrogens with zero attached hydrogens (tertiary/aromatic N) is 1. The minimum Gasteiger partial charge on any atom is -0.497 e. The minimum atomic E-state index is -0.851. The second-order valence-electron chi connectivity index (χ2n) is 5.89. The van der Waals surface area contributed by atoms with E-state index in [0.29, 0.717) is 11.3 Å². The third kappa shape index (κ3) is 3.37. The Hall–Kier alpha value is -3.35. The lowest BCUT2D eigenvalue weighted by Crippen LogP contribution is -2.43. The number of carbonyl (C=O) groups excluding carboxylic acids is 3. The maximum atomic E-state index is 12.3. The molecule has 2 aromatic rings. The van der Waals surface area contributed by atoms with E-state index in [2.05, 4.69) is 10.6 Å². The summed E-state index contributed by atoms with van der Waals surface area (Å²) in [6, 6.07) is 13.4. The Balaban J connectivity index is 1.61. The number of anilines is 1. The molecule has 0 unspecified atom stereocenters. The van der Waals surface area contributed by atoms with Crippen LogP contribution in [-0.2, 0) is 20.9 Å². The highest BCUT2D eigenvalue weighted by molar-refractivity contribution is 6.35. The lowest BCUT2D eigenvalue weighted by atomic mass is 10.1. The highest BCUT2D eigenvalue weighted by Crippen LogP contribution is 2.34. The number of para-hydroxylation sites is 1. The van der Waals surface area contributed by atoms with E-state index in [9.17, 15) is 14.4 Å². The third-order valence-electron chi connectivity index (χ3n) is 4.28. The molecule has 3 rings (SSSR count). The van der Waals surface area contributed by atoms with Gasteiger partial charge in [-0.25, -0.2) is 0 Å². The predicted octanol–water partition coefficient (Wildman–Crippen LogP) is 1.15. The lowest BCUT2D eigenvalue weighted by molar-refractivity contribution is -0.140. The van der Waals surface area contributed by atoms with Crippen LogP contribution in [0.1, 0.15) is 17.2 Å². The van der Waals surface area contributed by atoms with Gasteiger partial charge >= 0.3 is 11.8 Å². The van der Waals surface area contributed by atoms with Crippen molar-refractivity contribution in [1.29, 1.82) is 0 Å². The van der Waals surface area contributed by atoms with Crippen LogP contribution in [0.3, 0.4) is 0 Å². The molecule has 0 aliphatic carbocycles. The summed E-state index contributed by atoms with van der Waals surface area (Å²) in [6.45, 7) is 0.200. The number of rotatable bonds is 4. The van der Waals surface area contributed by atoms with Gasteiger partial charge in [0.1, 0.15) is 11.8 Å². The molecule has 134 valence electrons. The van der Waals surface area contributed by atoms with Crippen molar-refractivity contribution in [2.24, 2.45) is 0 Å². The van der Waals surface area contributed by atoms with Crippen LogP contribution < -0.4 is 20.3 Å². The maximum Gasteiger partial charge on any atom is 0.310 e. The predicted molar refractivity (Wildman–Crippen MR) is 95.6 cm³/mol. The molecular weight excluding hydrogens is 334 g/mol. The summed E-state index contributed by atoms with van der Waals surface area (Å²) in [5.74, 6) is -1.20. The van der Waals surface area contributed by atoms with E-state index in [-0.39, 0.29) is 12.5 Å². The summed E-state index contributed by atoms with van der Waals surface area (Å²) in [6.07, 6.45) is 0. The fourth-order valence-electron chi connectivity index (χ4n) is 2.82. The van der Waals surface area contributed by atoms with Crippen molar-refractivity contribution in [3.63, 3.8) is 0 Å². The van der Waals surface area contributed by atoms with Gasteiger partial charge in [0.25, 0.3) is 5.91 Å². The number of nitrogens with one attached hydrogen (secondary N) is 2. The van der Waals surface area contributed by atoms with Crippen LogP contribution >= 0.6 is 0 Å². The van der Waals surface area contributed by atoms with Crippen molar-refractivity contribution in [2.75, 3.05) is 19.1 Å².